The van der Waals surface area contributed by atoms with E-state index in [0.29, 0.717) is 49.2 Å². The quantitative estimate of drug-likeness (QED) is 0.0504. The summed E-state index contributed by atoms with van der Waals surface area (Å²) in [6.45, 7) is 16.0. The van der Waals surface area contributed by atoms with Crippen molar-refractivity contribution in [2.45, 2.75) is 102 Å². The normalized spacial score (nSPS) is 19.3. The van der Waals surface area contributed by atoms with E-state index in [1.807, 2.05) is 94.7 Å². The molecular weight excluding hydrogens is 776 g/mol. The van der Waals surface area contributed by atoms with E-state index in [2.05, 4.69) is 63.5 Å². The molecule has 0 radical (unpaired) electrons. The van der Waals surface area contributed by atoms with Gasteiger partial charge in [0.25, 0.3) is 0 Å². The van der Waals surface area contributed by atoms with Gasteiger partial charge in [-0.05, 0) is 71.4 Å². The Hall–Kier alpha value is -3.00. The van der Waals surface area contributed by atoms with Gasteiger partial charge in [0.2, 0.25) is 0 Å². The maximum Gasteiger partial charge on any atom is 0.321 e. The van der Waals surface area contributed by atoms with Crippen molar-refractivity contribution < 1.29 is 23.7 Å². The Bertz CT molecular complexity index is 1660. The number of nitrogens with zero attached hydrogens (tertiary/aromatic N) is 2. The summed E-state index contributed by atoms with van der Waals surface area (Å²) in [5.74, 6) is 0. The Labute approximate surface area is 347 Å². The fourth-order valence-electron chi connectivity index (χ4n) is 6.98. The van der Waals surface area contributed by atoms with Gasteiger partial charge in [-0.25, -0.2) is 4.79 Å². The van der Waals surface area contributed by atoms with Crippen molar-refractivity contribution in [3.8, 4) is 0 Å². The molecule has 0 spiro atoms. The number of carbonyl (C=O) groups is 1. The van der Waals surface area contributed by atoms with Crippen LogP contribution in [0.4, 0.5) is 4.79 Å². The first kappa shape index (κ1) is 44.1. The molecule has 1 heterocycles. The first-order valence-corrected chi connectivity index (χ1v) is 28.0. The molecule has 0 saturated carbocycles. The molecule has 1 aliphatic rings. The molecule has 5 rings (SSSR count). The molecule has 4 aromatic rings. The zero-order valence-electron chi connectivity index (χ0n) is 34.0. The SMILES string of the molecule is C[Si](C)(C)CCOCO[C@@H]1[C@@H](OCOCC[Si](C)(C)C)[C@@H](Cc2ccccc2)N(Cc2cccc(Cl)c2)C(=O)N(Cc2cccc(Cl)c2)[C@@H]1Cc1ccccc1. The Kier molecular flexibility index (Phi) is 16.6. The molecule has 0 aliphatic carbocycles. The Morgan fingerprint density at radius 3 is 1.27 bits per heavy atom. The van der Waals surface area contributed by atoms with Crippen LogP contribution in [0.1, 0.15) is 22.3 Å². The molecule has 7 nitrogen and oxygen atoms in total. The minimum Gasteiger partial charge on any atom is -0.356 e. The Morgan fingerprint density at radius 2 is 0.911 bits per heavy atom. The highest BCUT2D eigenvalue weighted by Crippen LogP contribution is 2.34. The second-order valence-electron chi connectivity index (χ2n) is 17.2. The van der Waals surface area contributed by atoms with Crippen molar-refractivity contribution in [2.75, 3.05) is 26.8 Å². The number of amides is 2. The van der Waals surface area contributed by atoms with Crippen molar-refractivity contribution >= 4 is 45.4 Å². The van der Waals surface area contributed by atoms with E-state index >= 15 is 4.79 Å². The lowest BCUT2D eigenvalue weighted by molar-refractivity contribution is -0.188. The molecule has 1 aliphatic heterocycles. The van der Waals surface area contributed by atoms with Gasteiger partial charge in [0.05, 0.1) is 12.1 Å². The van der Waals surface area contributed by atoms with Crippen molar-refractivity contribution in [1.82, 2.24) is 9.80 Å². The van der Waals surface area contributed by atoms with E-state index in [4.69, 9.17) is 42.1 Å². The number of halogens is 2. The lowest BCUT2D eigenvalue weighted by atomic mass is 9.90. The summed E-state index contributed by atoms with van der Waals surface area (Å²) >= 11 is 13.1. The van der Waals surface area contributed by atoms with Crippen molar-refractivity contribution in [3.05, 3.63) is 141 Å². The highest BCUT2D eigenvalue weighted by Gasteiger charge is 2.49. The zero-order chi connectivity index (χ0) is 40.1. The minimum absolute atomic E-state index is 0.0717. The van der Waals surface area contributed by atoms with Crippen LogP contribution in [0.3, 0.4) is 0 Å². The molecule has 2 amide bonds. The van der Waals surface area contributed by atoms with Gasteiger partial charge in [-0.15, -0.1) is 0 Å². The van der Waals surface area contributed by atoms with Gasteiger partial charge < -0.3 is 28.7 Å². The standard InChI is InChI=1S/C45H60Cl2N2O5Si2/c1-55(2,3)25-23-51-33-53-43-41(29-35-15-9-7-10-16-35)48(31-37-19-13-21-39(46)27-37)45(50)49(32-38-20-14-22-40(47)28-38)42(30-36-17-11-8-12-18-36)44(43)54-34-52-24-26-56(4,5)6/h7-22,27-28,41-44H,23-26,29-34H2,1-6H3/t41-,42-,43+,44+/m1/s1. The van der Waals surface area contributed by atoms with E-state index in [1.165, 1.54) is 0 Å². The van der Waals surface area contributed by atoms with Gasteiger partial charge in [0.1, 0.15) is 25.8 Å². The van der Waals surface area contributed by atoms with Crippen LogP contribution in [0.25, 0.3) is 0 Å². The van der Waals surface area contributed by atoms with Crippen LogP contribution in [0.15, 0.2) is 109 Å². The highest BCUT2D eigenvalue weighted by molar-refractivity contribution is 6.76. The monoisotopic (exact) mass is 834 g/mol. The first-order valence-electron chi connectivity index (χ1n) is 19.8. The summed E-state index contributed by atoms with van der Waals surface area (Å²) in [6.07, 6.45) is -0.120. The summed E-state index contributed by atoms with van der Waals surface area (Å²) in [7, 11) is -2.69. The average molecular weight is 836 g/mol. The fourth-order valence-corrected chi connectivity index (χ4v) is 8.92. The Balaban J connectivity index is 1.65. The van der Waals surface area contributed by atoms with Crippen LogP contribution < -0.4 is 0 Å². The third-order valence-corrected chi connectivity index (χ3v) is 14.0. The third-order valence-electron chi connectivity index (χ3n) is 10.1. The van der Waals surface area contributed by atoms with Gasteiger partial charge in [-0.3, -0.25) is 0 Å². The molecule has 0 N–H and O–H groups in total. The molecule has 1 saturated heterocycles. The van der Waals surface area contributed by atoms with Gasteiger partial charge in [0, 0.05) is 52.5 Å². The maximum atomic E-state index is 15.6. The number of hydrogen-bond acceptors (Lipinski definition) is 5. The molecule has 4 atom stereocenters. The third kappa shape index (κ3) is 14.1. The minimum atomic E-state index is -1.34. The molecule has 4 aromatic carbocycles. The van der Waals surface area contributed by atoms with Crippen molar-refractivity contribution in [2.24, 2.45) is 0 Å². The fraction of sp³-hybridized carbons (Fsp3) is 0.444. The Morgan fingerprint density at radius 1 is 0.536 bits per heavy atom. The van der Waals surface area contributed by atoms with Gasteiger partial charge in [-0.2, -0.15) is 0 Å². The zero-order valence-corrected chi connectivity index (χ0v) is 37.5. The van der Waals surface area contributed by atoms with E-state index in [0.717, 1.165) is 34.3 Å². The first-order chi connectivity index (χ1) is 26.8. The molecule has 0 unspecified atom stereocenters. The van der Waals surface area contributed by atoms with Crippen LogP contribution in [0.2, 0.25) is 61.4 Å². The van der Waals surface area contributed by atoms with E-state index in [9.17, 15) is 0 Å². The average Bonchev–Trinajstić information content (AvgIpc) is 3.21. The number of urea groups is 1. The number of rotatable bonds is 20. The van der Waals surface area contributed by atoms with Gasteiger partial charge >= 0.3 is 6.03 Å². The van der Waals surface area contributed by atoms with Crippen LogP contribution in [-0.2, 0) is 44.9 Å². The van der Waals surface area contributed by atoms with Gasteiger partial charge in [0.15, 0.2) is 0 Å². The molecule has 0 aromatic heterocycles. The molecule has 56 heavy (non-hydrogen) atoms. The second-order valence-corrected chi connectivity index (χ2v) is 29.4. The second kappa shape index (κ2) is 21.1. The van der Waals surface area contributed by atoms with Crippen molar-refractivity contribution in [3.63, 3.8) is 0 Å². The van der Waals surface area contributed by atoms with E-state index in [-0.39, 0.29) is 19.6 Å². The van der Waals surface area contributed by atoms with Crippen LogP contribution >= 0.6 is 23.2 Å². The summed E-state index contributed by atoms with van der Waals surface area (Å²) in [4.78, 5) is 19.5. The number of benzene rings is 4. The molecule has 11 heteroatoms. The van der Waals surface area contributed by atoms with Gasteiger partial charge in [-0.1, -0.05) is 147 Å². The smallest absolute Gasteiger partial charge is 0.321 e. The molecule has 1 fully saturated rings. The highest BCUT2D eigenvalue weighted by atomic mass is 35.5. The molecular formula is C45H60Cl2N2O5Si2. The lowest BCUT2D eigenvalue weighted by Crippen LogP contribution is -2.53. The lowest BCUT2D eigenvalue weighted by Gasteiger charge is -2.38. The maximum absolute atomic E-state index is 15.6. The number of ether oxygens (including phenoxy) is 4. The predicted octanol–water partition coefficient (Wildman–Crippen LogP) is 11.0. The van der Waals surface area contributed by atoms with E-state index < -0.39 is 40.4 Å². The summed E-state index contributed by atoms with van der Waals surface area (Å²) < 4.78 is 26.4. The summed E-state index contributed by atoms with van der Waals surface area (Å²) in [5, 5.41) is 1.23. The largest absolute Gasteiger partial charge is 0.356 e. The van der Waals surface area contributed by atoms with Crippen LogP contribution in [0.5, 0.6) is 0 Å². The number of carbonyl (C=O) groups excluding carboxylic acids is 1. The molecule has 302 valence electrons. The summed E-state index contributed by atoms with van der Waals surface area (Å²) in [5.41, 5.74) is 4.01. The van der Waals surface area contributed by atoms with E-state index in [1.54, 1.807) is 0 Å². The predicted molar refractivity (Wildman–Crippen MR) is 235 cm³/mol. The van der Waals surface area contributed by atoms with Crippen LogP contribution in [-0.4, -0.2) is 83.1 Å². The van der Waals surface area contributed by atoms with Crippen molar-refractivity contribution in [1.29, 1.82) is 0 Å². The molecule has 0 bridgehead atoms. The number of hydrogen-bond donors (Lipinski definition) is 0. The topological polar surface area (TPSA) is 60.5 Å². The van der Waals surface area contributed by atoms with Crippen LogP contribution in [0, 0.1) is 0 Å². The summed E-state index contributed by atoms with van der Waals surface area (Å²) in [6, 6.07) is 37.1.